The van der Waals surface area contributed by atoms with Gasteiger partial charge < -0.3 is 15.2 Å². The van der Waals surface area contributed by atoms with E-state index in [1.165, 1.54) is 31.2 Å². The molecule has 0 aliphatic heterocycles. The van der Waals surface area contributed by atoms with Gasteiger partial charge in [0.2, 0.25) is 0 Å². The second-order valence-corrected chi connectivity index (χ2v) is 6.45. The quantitative estimate of drug-likeness (QED) is 0.868. The third-order valence-corrected chi connectivity index (χ3v) is 4.96. The van der Waals surface area contributed by atoms with Gasteiger partial charge in [0.25, 0.3) is 0 Å². The van der Waals surface area contributed by atoms with Crippen LogP contribution in [0, 0.1) is 0 Å². The molecule has 0 atom stereocenters. The molecule has 0 unspecified atom stereocenters. The maximum absolute atomic E-state index is 10.3. The molecule has 2 fully saturated rings. The molecule has 1 aromatic rings. The van der Waals surface area contributed by atoms with Gasteiger partial charge in [0.15, 0.2) is 0 Å². The molecule has 20 heavy (non-hydrogen) atoms. The zero-order chi connectivity index (χ0) is 14.0. The molecule has 0 aromatic heterocycles. The lowest BCUT2D eigenvalue weighted by Gasteiger charge is -2.38. The smallest absolute Gasteiger partial charge is 0.119 e. The van der Waals surface area contributed by atoms with Crippen LogP contribution in [0.25, 0.3) is 0 Å². The molecule has 3 rings (SSSR count). The predicted molar refractivity (Wildman–Crippen MR) is 80.2 cm³/mol. The van der Waals surface area contributed by atoms with Crippen molar-refractivity contribution in [2.45, 2.75) is 56.1 Å². The molecule has 0 saturated heterocycles. The lowest BCUT2D eigenvalue weighted by molar-refractivity contribution is 0.0405. The van der Waals surface area contributed by atoms with Crippen LogP contribution in [0.4, 0.5) is 0 Å². The monoisotopic (exact) mass is 275 g/mol. The fraction of sp³-hybridized carbons (Fsp3) is 0.647. The Morgan fingerprint density at radius 2 is 2.05 bits per heavy atom. The Morgan fingerprint density at radius 1 is 1.30 bits per heavy atom. The summed E-state index contributed by atoms with van der Waals surface area (Å²) in [6.45, 7) is 0.766. The first-order valence-electron chi connectivity index (χ1n) is 7.78. The van der Waals surface area contributed by atoms with Crippen molar-refractivity contribution in [3.63, 3.8) is 0 Å². The van der Waals surface area contributed by atoms with Crippen LogP contribution in [0.3, 0.4) is 0 Å². The number of methoxy groups -OCH3 is 1. The standard InChI is InChI=1S/C17H25NO2/c1-20-16-6-4-5-13(11-16)14-9-15(10-14)18-12-17(19)7-2-3-8-17/h4-6,11,14-15,18-19H,2-3,7-10,12H2,1H3. The molecular formula is C17H25NO2. The van der Waals surface area contributed by atoms with Crippen LogP contribution in [-0.2, 0) is 0 Å². The third kappa shape index (κ3) is 2.99. The average molecular weight is 275 g/mol. The van der Waals surface area contributed by atoms with Crippen LogP contribution in [0.1, 0.15) is 50.0 Å². The molecule has 3 heteroatoms. The minimum Gasteiger partial charge on any atom is -0.497 e. The van der Waals surface area contributed by atoms with Gasteiger partial charge in [-0.05, 0) is 49.3 Å². The minimum absolute atomic E-state index is 0.430. The summed E-state index contributed by atoms with van der Waals surface area (Å²) in [5.41, 5.74) is 0.947. The molecule has 0 bridgehead atoms. The number of benzene rings is 1. The molecule has 0 amide bonds. The molecule has 3 nitrogen and oxygen atoms in total. The Kier molecular flexibility index (Phi) is 3.99. The van der Waals surface area contributed by atoms with Crippen molar-refractivity contribution in [3.8, 4) is 5.75 Å². The van der Waals surface area contributed by atoms with Crippen molar-refractivity contribution in [3.05, 3.63) is 29.8 Å². The van der Waals surface area contributed by atoms with Gasteiger partial charge in [0.1, 0.15) is 5.75 Å². The van der Waals surface area contributed by atoms with Gasteiger partial charge in [0, 0.05) is 12.6 Å². The molecule has 1 aromatic carbocycles. The van der Waals surface area contributed by atoms with Crippen molar-refractivity contribution in [2.75, 3.05) is 13.7 Å². The molecule has 2 saturated carbocycles. The summed E-state index contributed by atoms with van der Waals surface area (Å²) < 4.78 is 5.28. The highest BCUT2D eigenvalue weighted by Gasteiger charge is 2.35. The van der Waals surface area contributed by atoms with Crippen molar-refractivity contribution in [2.24, 2.45) is 0 Å². The predicted octanol–water partition coefficient (Wildman–Crippen LogP) is 2.84. The van der Waals surface area contributed by atoms with Crippen LogP contribution in [0.2, 0.25) is 0 Å². The van der Waals surface area contributed by atoms with Crippen molar-refractivity contribution in [1.82, 2.24) is 5.32 Å². The maximum Gasteiger partial charge on any atom is 0.119 e. The maximum atomic E-state index is 10.3. The number of hydrogen-bond acceptors (Lipinski definition) is 3. The van der Waals surface area contributed by atoms with Crippen molar-refractivity contribution >= 4 is 0 Å². The summed E-state index contributed by atoms with van der Waals surface area (Å²) in [5, 5.41) is 13.9. The molecule has 0 radical (unpaired) electrons. The number of aliphatic hydroxyl groups is 1. The normalized spacial score (nSPS) is 28.1. The van der Waals surface area contributed by atoms with Gasteiger partial charge in [-0.2, -0.15) is 0 Å². The Balaban J connectivity index is 1.46. The van der Waals surface area contributed by atoms with Crippen LogP contribution >= 0.6 is 0 Å². The average Bonchev–Trinajstić information content (AvgIpc) is 2.84. The van der Waals surface area contributed by atoms with Crippen molar-refractivity contribution in [1.29, 1.82) is 0 Å². The highest BCUT2D eigenvalue weighted by molar-refractivity contribution is 5.32. The van der Waals surface area contributed by atoms with E-state index in [0.717, 1.165) is 25.1 Å². The topological polar surface area (TPSA) is 41.5 Å². The fourth-order valence-electron chi connectivity index (χ4n) is 3.50. The summed E-state index contributed by atoms with van der Waals surface area (Å²) in [6, 6.07) is 8.96. The third-order valence-electron chi connectivity index (χ3n) is 4.96. The Labute approximate surface area is 121 Å². The van der Waals surface area contributed by atoms with E-state index in [4.69, 9.17) is 4.74 Å². The number of nitrogens with one attached hydrogen (secondary N) is 1. The number of ether oxygens (including phenoxy) is 1. The van der Waals surface area contributed by atoms with Gasteiger partial charge in [-0.3, -0.25) is 0 Å². The van der Waals surface area contributed by atoms with E-state index in [2.05, 4.69) is 23.5 Å². The van der Waals surface area contributed by atoms with Gasteiger partial charge in [-0.15, -0.1) is 0 Å². The fourth-order valence-corrected chi connectivity index (χ4v) is 3.50. The van der Waals surface area contributed by atoms with E-state index < -0.39 is 5.60 Å². The highest BCUT2D eigenvalue weighted by atomic mass is 16.5. The van der Waals surface area contributed by atoms with E-state index in [0.29, 0.717) is 12.0 Å². The molecule has 0 heterocycles. The summed E-state index contributed by atoms with van der Waals surface area (Å²) in [6.07, 6.45) is 6.62. The SMILES string of the molecule is COc1cccc(C2CC(NCC3(O)CCCC3)C2)c1. The van der Waals surface area contributed by atoms with E-state index in [1.54, 1.807) is 7.11 Å². The van der Waals surface area contributed by atoms with Gasteiger partial charge in [0.05, 0.1) is 12.7 Å². The second-order valence-electron chi connectivity index (χ2n) is 6.45. The summed E-state index contributed by atoms with van der Waals surface area (Å²) in [5.74, 6) is 1.58. The zero-order valence-corrected chi connectivity index (χ0v) is 12.3. The van der Waals surface area contributed by atoms with Gasteiger partial charge >= 0.3 is 0 Å². The van der Waals surface area contributed by atoms with Gasteiger partial charge in [-0.1, -0.05) is 25.0 Å². The molecular weight excluding hydrogens is 250 g/mol. The Bertz CT molecular complexity index is 448. The number of hydrogen-bond donors (Lipinski definition) is 2. The molecule has 110 valence electrons. The van der Waals surface area contributed by atoms with E-state index in [-0.39, 0.29) is 0 Å². The molecule has 2 N–H and O–H groups in total. The van der Waals surface area contributed by atoms with Crippen LogP contribution in [-0.4, -0.2) is 30.4 Å². The van der Waals surface area contributed by atoms with Crippen LogP contribution in [0.15, 0.2) is 24.3 Å². The molecule has 2 aliphatic rings. The van der Waals surface area contributed by atoms with E-state index in [9.17, 15) is 5.11 Å². The Morgan fingerprint density at radius 3 is 2.75 bits per heavy atom. The zero-order valence-electron chi connectivity index (χ0n) is 12.3. The van der Waals surface area contributed by atoms with Gasteiger partial charge in [-0.25, -0.2) is 0 Å². The van der Waals surface area contributed by atoms with Crippen LogP contribution < -0.4 is 10.1 Å². The highest BCUT2D eigenvalue weighted by Crippen LogP contribution is 2.38. The van der Waals surface area contributed by atoms with E-state index >= 15 is 0 Å². The second kappa shape index (κ2) is 5.74. The van der Waals surface area contributed by atoms with Crippen molar-refractivity contribution < 1.29 is 9.84 Å². The minimum atomic E-state index is -0.430. The summed E-state index contributed by atoms with van der Waals surface area (Å²) in [4.78, 5) is 0. The summed E-state index contributed by atoms with van der Waals surface area (Å²) in [7, 11) is 1.71. The van der Waals surface area contributed by atoms with E-state index in [1.807, 2.05) is 6.07 Å². The molecule has 0 spiro atoms. The summed E-state index contributed by atoms with van der Waals surface area (Å²) >= 11 is 0. The first-order valence-corrected chi connectivity index (χ1v) is 7.78. The molecule has 2 aliphatic carbocycles. The first-order chi connectivity index (χ1) is 9.68. The number of rotatable bonds is 5. The van der Waals surface area contributed by atoms with Crippen LogP contribution in [0.5, 0.6) is 5.75 Å². The lowest BCUT2D eigenvalue weighted by Crippen LogP contribution is -2.47. The first kappa shape index (κ1) is 13.9. The largest absolute Gasteiger partial charge is 0.497 e. The Hall–Kier alpha value is -1.06. The lowest BCUT2D eigenvalue weighted by atomic mass is 9.75.